The summed E-state index contributed by atoms with van der Waals surface area (Å²) >= 11 is 0. The lowest BCUT2D eigenvalue weighted by Crippen LogP contribution is -2.26. The van der Waals surface area contributed by atoms with Crippen molar-refractivity contribution in [2.75, 3.05) is 54.4 Å². The Morgan fingerprint density at radius 3 is 1.72 bits per heavy atom. The number of hydrogen-bond acceptors (Lipinski definition) is 5. The number of para-hydroxylation sites is 1. The van der Waals surface area contributed by atoms with E-state index < -0.39 is 0 Å². The molecule has 4 aromatic rings. The Balaban J connectivity index is 1.53. The monoisotopic (exact) mass is 481 g/mol. The number of nitrogens with one attached hydrogen (secondary N) is 2. The Hall–Kier alpha value is -3.09. The fourth-order valence-electron chi connectivity index (χ4n) is 4.23. The van der Waals surface area contributed by atoms with E-state index in [-0.39, 0.29) is 0 Å². The van der Waals surface area contributed by atoms with Gasteiger partial charge >= 0.3 is 0 Å². The zero-order chi connectivity index (χ0) is 25.3. The molecule has 4 rings (SSSR count). The second kappa shape index (κ2) is 12.7. The molecule has 0 atom stereocenters. The lowest BCUT2D eigenvalue weighted by molar-refractivity contribution is 0.400. The number of pyridine rings is 1. The van der Waals surface area contributed by atoms with Gasteiger partial charge in [0.2, 0.25) is 0 Å². The van der Waals surface area contributed by atoms with Crippen LogP contribution in [-0.4, -0.2) is 69.2 Å². The SMILES string of the molecule is CN(C)CCNCc1ccc(-c2cc(-c3ccc(CNCCN(C)C)cc3)c3ccccc3n2)cc1. The van der Waals surface area contributed by atoms with Gasteiger partial charge in [0.25, 0.3) is 0 Å². The molecule has 0 spiro atoms. The standard InChI is InChI=1S/C31H39N5/c1-35(2)19-17-32-22-24-9-13-26(14-10-24)29-21-31(34-30-8-6-5-7-28(29)30)27-15-11-25(12-16-27)23-33-18-20-36(3)4/h5-16,21,32-33H,17-20,22-23H2,1-4H3. The summed E-state index contributed by atoms with van der Waals surface area (Å²) in [6.45, 7) is 5.80. The summed E-state index contributed by atoms with van der Waals surface area (Å²) in [5.74, 6) is 0. The maximum Gasteiger partial charge on any atom is 0.0715 e. The van der Waals surface area contributed by atoms with Crippen LogP contribution in [0.25, 0.3) is 33.3 Å². The molecule has 5 heteroatoms. The van der Waals surface area contributed by atoms with Crippen LogP contribution in [-0.2, 0) is 13.1 Å². The average molecular weight is 482 g/mol. The highest BCUT2D eigenvalue weighted by Gasteiger charge is 2.10. The molecule has 0 aliphatic carbocycles. The Morgan fingerprint density at radius 2 is 1.17 bits per heavy atom. The van der Waals surface area contributed by atoms with E-state index in [0.29, 0.717) is 0 Å². The maximum absolute atomic E-state index is 5.00. The van der Waals surface area contributed by atoms with Crippen molar-refractivity contribution in [1.82, 2.24) is 25.4 Å². The van der Waals surface area contributed by atoms with Crippen molar-refractivity contribution in [2.24, 2.45) is 0 Å². The van der Waals surface area contributed by atoms with E-state index in [0.717, 1.165) is 56.0 Å². The van der Waals surface area contributed by atoms with Crippen molar-refractivity contribution in [3.05, 3.63) is 90.0 Å². The van der Waals surface area contributed by atoms with Crippen LogP contribution >= 0.6 is 0 Å². The summed E-state index contributed by atoms with van der Waals surface area (Å²) in [5.41, 5.74) is 8.18. The molecule has 0 bridgehead atoms. The molecule has 0 aliphatic rings. The summed E-state index contributed by atoms with van der Waals surface area (Å²) in [4.78, 5) is 9.39. The molecular formula is C31H39N5. The number of rotatable bonds is 12. The third-order valence-electron chi connectivity index (χ3n) is 6.36. The van der Waals surface area contributed by atoms with E-state index >= 15 is 0 Å². The molecule has 0 unspecified atom stereocenters. The lowest BCUT2D eigenvalue weighted by atomic mass is 9.97. The van der Waals surface area contributed by atoms with Crippen molar-refractivity contribution < 1.29 is 0 Å². The van der Waals surface area contributed by atoms with Gasteiger partial charge in [-0.3, -0.25) is 0 Å². The summed E-state index contributed by atoms with van der Waals surface area (Å²) in [6.07, 6.45) is 0. The van der Waals surface area contributed by atoms with E-state index in [2.05, 4.69) is 127 Å². The molecule has 0 radical (unpaired) electrons. The maximum atomic E-state index is 5.00. The van der Waals surface area contributed by atoms with Crippen LogP contribution in [0.15, 0.2) is 78.9 Å². The minimum absolute atomic E-state index is 0.876. The lowest BCUT2D eigenvalue weighted by Gasteiger charge is -2.13. The number of benzene rings is 3. The molecular weight excluding hydrogens is 442 g/mol. The van der Waals surface area contributed by atoms with Gasteiger partial charge in [0.05, 0.1) is 11.2 Å². The van der Waals surface area contributed by atoms with Gasteiger partial charge < -0.3 is 20.4 Å². The quantitative estimate of drug-likeness (QED) is 0.283. The number of aromatic nitrogens is 1. The summed E-state index contributed by atoms with van der Waals surface area (Å²) in [5, 5.41) is 8.21. The largest absolute Gasteiger partial charge is 0.311 e. The van der Waals surface area contributed by atoms with Crippen LogP contribution in [0.4, 0.5) is 0 Å². The predicted molar refractivity (Wildman–Crippen MR) is 153 cm³/mol. The second-order valence-corrected chi connectivity index (χ2v) is 9.93. The fraction of sp³-hybridized carbons (Fsp3) is 0.323. The van der Waals surface area contributed by atoms with Crippen molar-refractivity contribution in [1.29, 1.82) is 0 Å². The fourth-order valence-corrected chi connectivity index (χ4v) is 4.23. The summed E-state index contributed by atoms with van der Waals surface area (Å²) in [7, 11) is 8.40. The highest BCUT2D eigenvalue weighted by molar-refractivity contribution is 5.96. The molecule has 3 aromatic carbocycles. The van der Waals surface area contributed by atoms with E-state index in [1.54, 1.807) is 0 Å². The normalized spacial score (nSPS) is 11.6. The van der Waals surface area contributed by atoms with Gasteiger partial charge in [0.15, 0.2) is 0 Å². The van der Waals surface area contributed by atoms with E-state index in [1.807, 2.05) is 0 Å². The topological polar surface area (TPSA) is 43.4 Å². The molecule has 0 saturated carbocycles. The molecule has 1 aromatic heterocycles. The number of hydrogen-bond donors (Lipinski definition) is 2. The van der Waals surface area contributed by atoms with Gasteiger partial charge in [-0.25, -0.2) is 4.98 Å². The predicted octanol–water partition coefficient (Wildman–Crippen LogP) is 4.87. The van der Waals surface area contributed by atoms with E-state index in [9.17, 15) is 0 Å². The van der Waals surface area contributed by atoms with Crippen molar-refractivity contribution in [3.63, 3.8) is 0 Å². The number of likely N-dealkylation sites (N-methyl/N-ethyl adjacent to an activating group) is 2. The zero-order valence-electron chi connectivity index (χ0n) is 22.1. The third-order valence-corrected chi connectivity index (χ3v) is 6.36. The van der Waals surface area contributed by atoms with Gasteiger partial charge in [-0.15, -0.1) is 0 Å². The van der Waals surface area contributed by atoms with Crippen LogP contribution < -0.4 is 10.6 Å². The van der Waals surface area contributed by atoms with Gasteiger partial charge in [0, 0.05) is 50.2 Å². The molecule has 0 aliphatic heterocycles. The van der Waals surface area contributed by atoms with Gasteiger partial charge in [-0.05, 0) is 62.6 Å². The smallest absolute Gasteiger partial charge is 0.0715 e. The second-order valence-electron chi connectivity index (χ2n) is 9.93. The molecule has 188 valence electrons. The third kappa shape index (κ3) is 7.21. The average Bonchev–Trinajstić information content (AvgIpc) is 2.89. The van der Waals surface area contributed by atoms with Crippen LogP contribution in [0, 0.1) is 0 Å². The van der Waals surface area contributed by atoms with E-state index in [1.165, 1.54) is 27.6 Å². The molecule has 1 heterocycles. The van der Waals surface area contributed by atoms with Crippen LogP contribution in [0.3, 0.4) is 0 Å². The Morgan fingerprint density at radius 1 is 0.639 bits per heavy atom. The Kier molecular flexibility index (Phi) is 9.20. The van der Waals surface area contributed by atoms with Gasteiger partial charge in [0.1, 0.15) is 0 Å². The molecule has 5 nitrogen and oxygen atoms in total. The summed E-state index contributed by atoms with van der Waals surface area (Å²) < 4.78 is 0. The van der Waals surface area contributed by atoms with Crippen LogP contribution in [0.1, 0.15) is 11.1 Å². The van der Waals surface area contributed by atoms with Gasteiger partial charge in [-0.1, -0.05) is 66.7 Å². The Bertz CT molecular complexity index is 1230. The first-order valence-corrected chi connectivity index (χ1v) is 12.8. The molecule has 0 saturated heterocycles. The van der Waals surface area contributed by atoms with Gasteiger partial charge in [-0.2, -0.15) is 0 Å². The van der Waals surface area contributed by atoms with Crippen molar-refractivity contribution in [2.45, 2.75) is 13.1 Å². The van der Waals surface area contributed by atoms with Crippen molar-refractivity contribution >= 4 is 10.9 Å². The van der Waals surface area contributed by atoms with Crippen LogP contribution in [0.5, 0.6) is 0 Å². The Labute approximate surface area is 216 Å². The minimum Gasteiger partial charge on any atom is -0.311 e. The van der Waals surface area contributed by atoms with Crippen LogP contribution in [0.2, 0.25) is 0 Å². The molecule has 0 amide bonds. The molecule has 2 N–H and O–H groups in total. The highest BCUT2D eigenvalue weighted by Crippen LogP contribution is 2.32. The number of fused-ring (bicyclic) bond motifs is 1. The van der Waals surface area contributed by atoms with E-state index in [4.69, 9.17) is 4.98 Å². The first kappa shape index (κ1) is 26.0. The van der Waals surface area contributed by atoms with Crippen molar-refractivity contribution in [3.8, 4) is 22.4 Å². The first-order chi connectivity index (χ1) is 17.5. The molecule has 0 fully saturated rings. The summed E-state index contributed by atoms with van der Waals surface area (Å²) in [6, 6.07) is 28.4. The molecule has 36 heavy (non-hydrogen) atoms. The minimum atomic E-state index is 0.876. The highest BCUT2D eigenvalue weighted by atomic mass is 15.1. The number of nitrogens with zero attached hydrogens (tertiary/aromatic N) is 3. The first-order valence-electron chi connectivity index (χ1n) is 12.8. The zero-order valence-corrected chi connectivity index (χ0v) is 22.1.